The van der Waals surface area contributed by atoms with Gasteiger partial charge < -0.3 is 5.73 Å². The Morgan fingerprint density at radius 3 is 2.75 bits per heavy atom. The summed E-state index contributed by atoms with van der Waals surface area (Å²) in [5, 5.41) is 0. The maximum absolute atomic E-state index is 5.65. The summed E-state index contributed by atoms with van der Waals surface area (Å²) in [6, 6.07) is 6.14. The quantitative estimate of drug-likeness (QED) is 0.665. The molecule has 0 saturated heterocycles. The third-order valence-corrected chi connectivity index (χ3v) is 2.88. The molecule has 0 spiro atoms. The van der Waals surface area contributed by atoms with Gasteiger partial charge in [-0.1, -0.05) is 19.4 Å². The summed E-state index contributed by atoms with van der Waals surface area (Å²) >= 11 is 2.35. The Morgan fingerprint density at radius 1 is 1.42 bits per heavy atom. The van der Waals surface area contributed by atoms with Gasteiger partial charge in [-0.2, -0.15) is 0 Å². The minimum Gasteiger partial charge on any atom is -0.399 e. The van der Waals surface area contributed by atoms with E-state index in [0.717, 1.165) is 5.69 Å². The molecule has 0 saturated carbocycles. The van der Waals surface area contributed by atoms with Crippen LogP contribution in [0.4, 0.5) is 5.69 Å². The fourth-order valence-electron chi connectivity index (χ4n) is 1.13. The maximum Gasteiger partial charge on any atom is 0.0324 e. The molecule has 1 aromatic rings. The molecule has 0 bridgehead atoms. The number of benzene rings is 1. The van der Waals surface area contributed by atoms with E-state index in [4.69, 9.17) is 5.73 Å². The lowest BCUT2D eigenvalue weighted by atomic mass is 10.1. The van der Waals surface area contributed by atoms with Gasteiger partial charge in [0.25, 0.3) is 0 Å². The predicted octanol–water partition coefficient (Wildman–Crippen LogP) is 3.22. The minimum atomic E-state index is 0.861. The fourth-order valence-corrected chi connectivity index (χ4v) is 1.94. The minimum absolute atomic E-state index is 0.861. The van der Waals surface area contributed by atoms with Crippen molar-refractivity contribution in [1.82, 2.24) is 0 Å². The van der Waals surface area contributed by atoms with Crippen LogP contribution >= 0.6 is 22.6 Å². The summed E-state index contributed by atoms with van der Waals surface area (Å²) in [5.74, 6) is 0. The average Bonchev–Trinajstić information content (AvgIpc) is 2.03. The Labute approximate surface area is 87.5 Å². The van der Waals surface area contributed by atoms with Crippen molar-refractivity contribution in [2.75, 3.05) is 5.73 Å². The van der Waals surface area contributed by atoms with E-state index < -0.39 is 0 Å². The predicted molar refractivity (Wildman–Crippen MR) is 62.2 cm³/mol. The third kappa shape index (κ3) is 2.66. The van der Waals surface area contributed by atoms with Crippen LogP contribution in [0, 0.1) is 3.57 Å². The number of aryl methyl sites for hydroxylation is 1. The SMILES string of the molecule is CCCCc1ccc(N)cc1I. The topological polar surface area (TPSA) is 26.0 Å². The van der Waals surface area contributed by atoms with Gasteiger partial charge in [0.2, 0.25) is 0 Å². The molecule has 0 aliphatic rings. The molecule has 2 heteroatoms. The van der Waals surface area contributed by atoms with Crippen molar-refractivity contribution >= 4 is 28.3 Å². The molecule has 12 heavy (non-hydrogen) atoms. The Balaban J connectivity index is 2.72. The first-order valence-electron chi connectivity index (χ1n) is 4.28. The van der Waals surface area contributed by atoms with Crippen molar-refractivity contribution in [2.24, 2.45) is 0 Å². The lowest BCUT2D eigenvalue weighted by Crippen LogP contribution is -1.92. The summed E-state index contributed by atoms with van der Waals surface area (Å²) in [7, 11) is 0. The first-order valence-corrected chi connectivity index (χ1v) is 5.36. The molecule has 0 aromatic heterocycles. The van der Waals surface area contributed by atoms with Crippen molar-refractivity contribution in [3.05, 3.63) is 27.3 Å². The molecule has 0 aliphatic heterocycles. The Hall–Kier alpha value is -0.250. The number of nitrogen functional groups attached to an aromatic ring is 1. The molecular formula is C10H14IN. The van der Waals surface area contributed by atoms with Crippen molar-refractivity contribution < 1.29 is 0 Å². The second kappa shape index (κ2) is 4.70. The average molecular weight is 275 g/mol. The van der Waals surface area contributed by atoms with Crippen LogP contribution in [0.1, 0.15) is 25.3 Å². The van der Waals surface area contributed by atoms with Gasteiger partial charge in [0.1, 0.15) is 0 Å². The maximum atomic E-state index is 5.65. The van der Waals surface area contributed by atoms with E-state index in [1.807, 2.05) is 12.1 Å². The second-order valence-corrected chi connectivity index (χ2v) is 4.12. The Kier molecular flexibility index (Phi) is 3.85. The van der Waals surface area contributed by atoms with Crippen LogP contribution in [0.5, 0.6) is 0 Å². The highest BCUT2D eigenvalue weighted by atomic mass is 127. The molecule has 2 N–H and O–H groups in total. The second-order valence-electron chi connectivity index (χ2n) is 2.95. The van der Waals surface area contributed by atoms with E-state index in [9.17, 15) is 0 Å². The summed E-state index contributed by atoms with van der Waals surface area (Å²) in [5.41, 5.74) is 7.93. The molecule has 0 radical (unpaired) electrons. The molecule has 1 aromatic carbocycles. The molecule has 0 amide bonds. The van der Waals surface area contributed by atoms with Gasteiger partial charge in [-0.15, -0.1) is 0 Å². The third-order valence-electron chi connectivity index (χ3n) is 1.88. The monoisotopic (exact) mass is 275 g/mol. The van der Waals surface area contributed by atoms with E-state index in [2.05, 4.69) is 35.6 Å². The molecule has 66 valence electrons. The van der Waals surface area contributed by atoms with Gasteiger partial charge in [0, 0.05) is 9.26 Å². The lowest BCUT2D eigenvalue weighted by molar-refractivity contribution is 0.792. The van der Waals surface area contributed by atoms with Crippen LogP contribution in [-0.4, -0.2) is 0 Å². The van der Waals surface area contributed by atoms with Gasteiger partial charge in [-0.3, -0.25) is 0 Å². The first kappa shape index (κ1) is 9.84. The Morgan fingerprint density at radius 2 is 2.17 bits per heavy atom. The van der Waals surface area contributed by atoms with Crippen LogP contribution in [0.15, 0.2) is 18.2 Å². The molecule has 0 fully saturated rings. The van der Waals surface area contributed by atoms with Gasteiger partial charge >= 0.3 is 0 Å². The zero-order valence-corrected chi connectivity index (χ0v) is 9.47. The van der Waals surface area contributed by atoms with Crippen molar-refractivity contribution in [2.45, 2.75) is 26.2 Å². The van der Waals surface area contributed by atoms with Crippen LogP contribution < -0.4 is 5.73 Å². The van der Waals surface area contributed by atoms with Gasteiger partial charge in [-0.05, 0) is 53.1 Å². The molecule has 0 unspecified atom stereocenters. The molecule has 0 aliphatic carbocycles. The number of halogens is 1. The number of hydrogen-bond acceptors (Lipinski definition) is 1. The summed E-state index contributed by atoms with van der Waals surface area (Å²) in [4.78, 5) is 0. The number of hydrogen-bond donors (Lipinski definition) is 1. The lowest BCUT2D eigenvalue weighted by Gasteiger charge is -2.03. The highest BCUT2D eigenvalue weighted by molar-refractivity contribution is 14.1. The molecule has 0 atom stereocenters. The van der Waals surface area contributed by atoms with Crippen LogP contribution in [0.25, 0.3) is 0 Å². The summed E-state index contributed by atoms with van der Waals surface area (Å²) < 4.78 is 1.29. The number of anilines is 1. The molecule has 0 heterocycles. The van der Waals surface area contributed by atoms with Crippen molar-refractivity contribution in [1.29, 1.82) is 0 Å². The largest absolute Gasteiger partial charge is 0.399 e. The zero-order chi connectivity index (χ0) is 8.97. The van der Waals surface area contributed by atoms with Gasteiger partial charge in [-0.25, -0.2) is 0 Å². The number of nitrogens with two attached hydrogens (primary N) is 1. The van der Waals surface area contributed by atoms with E-state index in [1.165, 1.54) is 28.4 Å². The van der Waals surface area contributed by atoms with Crippen LogP contribution in [0.2, 0.25) is 0 Å². The van der Waals surface area contributed by atoms with Crippen molar-refractivity contribution in [3.63, 3.8) is 0 Å². The van der Waals surface area contributed by atoms with E-state index in [0.29, 0.717) is 0 Å². The number of unbranched alkanes of at least 4 members (excludes halogenated alkanes) is 1. The zero-order valence-electron chi connectivity index (χ0n) is 7.31. The first-order chi connectivity index (χ1) is 5.74. The highest BCUT2D eigenvalue weighted by Crippen LogP contribution is 2.17. The van der Waals surface area contributed by atoms with E-state index in [-0.39, 0.29) is 0 Å². The number of rotatable bonds is 3. The van der Waals surface area contributed by atoms with E-state index >= 15 is 0 Å². The molecular weight excluding hydrogens is 261 g/mol. The summed E-state index contributed by atoms with van der Waals surface area (Å²) in [6.07, 6.45) is 3.69. The molecule has 1 nitrogen and oxygen atoms in total. The molecule has 1 rings (SSSR count). The van der Waals surface area contributed by atoms with Crippen molar-refractivity contribution in [3.8, 4) is 0 Å². The summed E-state index contributed by atoms with van der Waals surface area (Å²) in [6.45, 7) is 2.21. The standard InChI is InChI=1S/C10H14IN/c1-2-3-4-8-5-6-9(12)7-10(8)11/h5-7H,2-4,12H2,1H3. The Bertz CT molecular complexity index is 258. The fraction of sp³-hybridized carbons (Fsp3) is 0.400. The normalized spacial score (nSPS) is 10.2. The van der Waals surface area contributed by atoms with Gasteiger partial charge in [0.15, 0.2) is 0 Å². The van der Waals surface area contributed by atoms with Crippen LogP contribution in [-0.2, 0) is 6.42 Å². The highest BCUT2D eigenvalue weighted by Gasteiger charge is 1.98. The smallest absolute Gasteiger partial charge is 0.0324 e. The van der Waals surface area contributed by atoms with Crippen LogP contribution in [0.3, 0.4) is 0 Å². The van der Waals surface area contributed by atoms with E-state index in [1.54, 1.807) is 0 Å². The van der Waals surface area contributed by atoms with Gasteiger partial charge in [0.05, 0.1) is 0 Å².